The van der Waals surface area contributed by atoms with E-state index in [1.54, 1.807) is 13.8 Å². The second kappa shape index (κ2) is 4.40. The molecule has 5 nitrogen and oxygen atoms in total. The predicted octanol–water partition coefficient (Wildman–Crippen LogP) is 2.11. The molecule has 2 rings (SSSR count). The van der Waals surface area contributed by atoms with Gasteiger partial charge in [-0.2, -0.15) is 0 Å². The molecular formula is C14H20N2O3. The van der Waals surface area contributed by atoms with E-state index in [-0.39, 0.29) is 11.6 Å². The number of hydrogen-bond acceptors (Lipinski definition) is 2. The number of carboxylic acid groups (broad SMARTS) is 1. The number of carboxylic acids is 1. The van der Waals surface area contributed by atoms with E-state index in [9.17, 15) is 9.59 Å². The van der Waals surface area contributed by atoms with Gasteiger partial charge in [-0.25, -0.2) is 4.79 Å². The van der Waals surface area contributed by atoms with Crippen LogP contribution in [0, 0.1) is 25.2 Å². The molecule has 0 radical (unpaired) electrons. The van der Waals surface area contributed by atoms with E-state index in [1.165, 1.54) is 0 Å². The van der Waals surface area contributed by atoms with Crippen molar-refractivity contribution in [3.05, 3.63) is 22.5 Å². The number of aromatic amines is 1. The van der Waals surface area contributed by atoms with E-state index in [0.29, 0.717) is 34.7 Å². The molecule has 1 fully saturated rings. The van der Waals surface area contributed by atoms with Crippen molar-refractivity contribution in [2.75, 3.05) is 6.54 Å². The van der Waals surface area contributed by atoms with E-state index >= 15 is 0 Å². The average molecular weight is 264 g/mol. The molecule has 1 aliphatic carbocycles. The minimum atomic E-state index is -1.04. The van der Waals surface area contributed by atoms with Gasteiger partial charge in [-0.1, -0.05) is 13.8 Å². The van der Waals surface area contributed by atoms with Gasteiger partial charge in [0.15, 0.2) is 0 Å². The Bertz CT molecular complexity index is 543. The van der Waals surface area contributed by atoms with Gasteiger partial charge < -0.3 is 15.4 Å². The molecule has 0 saturated heterocycles. The zero-order chi connectivity index (χ0) is 14.4. The predicted molar refractivity (Wildman–Crippen MR) is 71.4 cm³/mol. The van der Waals surface area contributed by atoms with Crippen LogP contribution in [0.2, 0.25) is 0 Å². The minimum absolute atomic E-state index is 0.0920. The van der Waals surface area contributed by atoms with Crippen LogP contribution in [-0.4, -0.2) is 28.5 Å². The molecule has 1 aromatic rings. The lowest BCUT2D eigenvalue weighted by atomic mass is 10.1. The van der Waals surface area contributed by atoms with Gasteiger partial charge in [-0.15, -0.1) is 0 Å². The summed E-state index contributed by atoms with van der Waals surface area (Å²) in [5, 5.41) is 11.9. The fourth-order valence-corrected chi connectivity index (χ4v) is 2.53. The van der Waals surface area contributed by atoms with Gasteiger partial charge in [0.2, 0.25) is 0 Å². The highest BCUT2D eigenvalue weighted by molar-refractivity contribution is 6.00. The first-order valence-electron chi connectivity index (χ1n) is 6.44. The zero-order valence-corrected chi connectivity index (χ0v) is 11.8. The largest absolute Gasteiger partial charge is 0.477 e. The van der Waals surface area contributed by atoms with Crippen molar-refractivity contribution in [2.45, 2.75) is 34.1 Å². The maximum absolute atomic E-state index is 12.1. The summed E-state index contributed by atoms with van der Waals surface area (Å²) in [5.41, 5.74) is 1.96. The number of aryl methyl sites for hydroxylation is 1. The van der Waals surface area contributed by atoms with Gasteiger partial charge >= 0.3 is 5.97 Å². The highest BCUT2D eigenvalue weighted by atomic mass is 16.4. The lowest BCUT2D eigenvalue weighted by Gasteiger charge is -2.07. The number of rotatable bonds is 4. The number of carbonyl (C=O) groups is 2. The molecule has 1 atom stereocenters. The van der Waals surface area contributed by atoms with Gasteiger partial charge in [0.1, 0.15) is 5.69 Å². The SMILES string of the molecule is Cc1[nH]c(C(=O)O)c(C)c1C(=O)NCC1CC1(C)C. The van der Waals surface area contributed by atoms with Crippen LogP contribution in [0.25, 0.3) is 0 Å². The van der Waals surface area contributed by atoms with E-state index in [4.69, 9.17) is 5.11 Å². The van der Waals surface area contributed by atoms with Gasteiger partial charge in [0, 0.05) is 12.2 Å². The number of hydrogen-bond donors (Lipinski definition) is 3. The van der Waals surface area contributed by atoms with Crippen molar-refractivity contribution in [2.24, 2.45) is 11.3 Å². The van der Waals surface area contributed by atoms with Crippen LogP contribution in [0.4, 0.5) is 0 Å². The highest BCUT2D eigenvalue weighted by Crippen LogP contribution is 2.51. The number of amides is 1. The van der Waals surface area contributed by atoms with Crippen LogP contribution in [0.5, 0.6) is 0 Å². The molecule has 0 aliphatic heterocycles. The number of H-pyrrole nitrogens is 1. The highest BCUT2D eigenvalue weighted by Gasteiger charge is 2.45. The summed E-state index contributed by atoms with van der Waals surface area (Å²) in [6.45, 7) is 8.38. The van der Waals surface area contributed by atoms with Crippen molar-refractivity contribution in [3.63, 3.8) is 0 Å². The second-order valence-corrected chi connectivity index (χ2v) is 6.03. The van der Waals surface area contributed by atoms with Crippen LogP contribution >= 0.6 is 0 Å². The first-order chi connectivity index (χ1) is 8.74. The van der Waals surface area contributed by atoms with Gasteiger partial charge in [0.05, 0.1) is 5.56 Å². The van der Waals surface area contributed by atoms with Crippen molar-refractivity contribution in [3.8, 4) is 0 Å². The maximum atomic E-state index is 12.1. The third-order valence-corrected chi connectivity index (χ3v) is 4.10. The summed E-state index contributed by atoms with van der Waals surface area (Å²) in [7, 11) is 0. The van der Waals surface area contributed by atoms with Gasteiger partial charge in [0.25, 0.3) is 5.91 Å². The Hall–Kier alpha value is -1.78. The van der Waals surface area contributed by atoms with Crippen molar-refractivity contribution < 1.29 is 14.7 Å². The standard InChI is InChI=1S/C14H20N2O3/c1-7-10(8(2)16-11(7)13(18)19)12(17)15-6-9-5-14(9,3)4/h9,16H,5-6H2,1-4H3,(H,15,17)(H,18,19). The monoisotopic (exact) mass is 264 g/mol. The third kappa shape index (κ3) is 2.50. The summed E-state index contributed by atoms with van der Waals surface area (Å²) in [4.78, 5) is 25.9. The first kappa shape index (κ1) is 13.6. The Labute approximate surface area is 112 Å². The molecule has 5 heteroatoms. The number of carbonyl (C=O) groups excluding carboxylic acids is 1. The average Bonchev–Trinajstić information content (AvgIpc) is 2.78. The van der Waals surface area contributed by atoms with Crippen LogP contribution in [0.3, 0.4) is 0 Å². The molecule has 19 heavy (non-hydrogen) atoms. The minimum Gasteiger partial charge on any atom is -0.477 e. The molecular weight excluding hydrogens is 244 g/mol. The van der Waals surface area contributed by atoms with Crippen LogP contribution in [0.1, 0.15) is 52.4 Å². The van der Waals surface area contributed by atoms with Gasteiger partial charge in [-0.05, 0) is 37.2 Å². The molecule has 1 unspecified atom stereocenters. The normalized spacial score (nSPS) is 20.1. The van der Waals surface area contributed by atoms with Crippen LogP contribution < -0.4 is 5.32 Å². The topological polar surface area (TPSA) is 82.2 Å². The van der Waals surface area contributed by atoms with E-state index in [0.717, 1.165) is 6.42 Å². The lowest BCUT2D eigenvalue weighted by molar-refractivity contribution is 0.0690. The molecule has 1 aliphatic rings. The van der Waals surface area contributed by atoms with Crippen LogP contribution in [-0.2, 0) is 0 Å². The Morgan fingerprint density at radius 3 is 2.42 bits per heavy atom. The maximum Gasteiger partial charge on any atom is 0.352 e. The smallest absolute Gasteiger partial charge is 0.352 e. The molecule has 1 amide bonds. The van der Waals surface area contributed by atoms with Gasteiger partial charge in [-0.3, -0.25) is 4.79 Å². The molecule has 0 spiro atoms. The quantitative estimate of drug-likeness (QED) is 0.779. The number of aromatic carboxylic acids is 1. The van der Waals surface area contributed by atoms with Crippen molar-refractivity contribution >= 4 is 11.9 Å². The lowest BCUT2D eigenvalue weighted by Crippen LogP contribution is -2.27. The number of nitrogens with one attached hydrogen (secondary N) is 2. The summed E-state index contributed by atoms with van der Waals surface area (Å²) in [6.07, 6.45) is 1.12. The molecule has 0 bridgehead atoms. The van der Waals surface area contributed by atoms with Crippen LogP contribution in [0.15, 0.2) is 0 Å². The van der Waals surface area contributed by atoms with E-state index in [1.807, 2.05) is 0 Å². The fraction of sp³-hybridized carbons (Fsp3) is 0.571. The Morgan fingerprint density at radius 2 is 2.00 bits per heavy atom. The van der Waals surface area contributed by atoms with Crippen molar-refractivity contribution in [1.82, 2.24) is 10.3 Å². The molecule has 0 aromatic carbocycles. The molecule has 104 valence electrons. The third-order valence-electron chi connectivity index (χ3n) is 4.10. The number of aromatic nitrogens is 1. The first-order valence-corrected chi connectivity index (χ1v) is 6.44. The molecule has 1 saturated carbocycles. The Kier molecular flexibility index (Phi) is 3.16. The molecule has 1 aromatic heterocycles. The van der Waals surface area contributed by atoms with E-state index in [2.05, 4.69) is 24.1 Å². The second-order valence-electron chi connectivity index (χ2n) is 6.03. The Morgan fingerprint density at radius 1 is 1.42 bits per heavy atom. The summed E-state index contributed by atoms with van der Waals surface area (Å²) in [6, 6.07) is 0. The fourth-order valence-electron chi connectivity index (χ4n) is 2.53. The summed E-state index contributed by atoms with van der Waals surface area (Å²) in [5.74, 6) is -0.709. The summed E-state index contributed by atoms with van der Waals surface area (Å²) >= 11 is 0. The van der Waals surface area contributed by atoms with E-state index < -0.39 is 5.97 Å². The summed E-state index contributed by atoms with van der Waals surface area (Å²) < 4.78 is 0. The van der Waals surface area contributed by atoms with Crippen molar-refractivity contribution in [1.29, 1.82) is 0 Å². The molecule has 1 heterocycles. The Balaban J connectivity index is 2.09. The molecule has 3 N–H and O–H groups in total. The zero-order valence-electron chi connectivity index (χ0n) is 11.8.